The van der Waals surface area contributed by atoms with Gasteiger partial charge in [-0.05, 0) is 55.8 Å². The first-order chi connectivity index (χ1) is 10.1. The molecule has 0 fully saturated rings. The SMILES string of the molecule is CCOc1ccc(NC(C)c2ccc(N(C)C)cc2)cc1. The number of nitrogens with zero attached hydrogens (tertiary/aromatic N) is 1. The molecule has 2 rings (SSSR count). The highest BCUT2D eigenvalue weighted by Crippen LogP contribution is 2.23. The highest BCUT2D eigenvalue weighted by molar-refractivity contribution is 5.50. The van der Waals surface area contributed by atoms with Crippen LogP contribution < -0.4 is 15.0 Å². The van der Waals surface area contributed by atoms with Gasteiger partial charge in [0.25, 0.3) is 0 Å². The lowest BCUT2D eigenvalue weighted by molar-refractivity contribution is 0.340. The zero-order valence-electron chi connectivity index (χ0n) is 13.3. The molecule has 0 bridgehead atoms. The van der Waals surface area contributed by atoms with Crippen LogP contribution in [-0.4, -0.2) is 20.7 Å². The van der Waals surface area contributed by atoms with Crippen LogP contribution in [0.2, 0.25) is 0 Å². The van der Waals surface area contributed by atoms with Crippen LogP contribution >= 0.6 is 0 Å². The van der Waals surface area contributed by atoms with Gasteiger partial charge in [0, 0.05) is 31.5 Å². The molecule has 1 N–H and O–H groups in total. The molecule has 0 saturated carbocycles. The average Bonchev–Trinajstić information content (AvgIpc) is 2.49. The molecule has 0 aliphatic carbocycles. The monoisotopic (exact) mass is 284 g/mol. The van der Waals surface area contributed by atoms with E-state index in [1.807, 2.05) is 19.1 Å². The summed E-state index contributed by atoms with van der Waals surface area (Å²) in [5.74, 6) is 0.908. The van der Waals surface area contributed by atoms with Gasteiger partial charge >= 0.3 is 0 Å². The Kier molecular flexibility index (Phi) is 5.09. The Labute approximate surface area is 127 Å². The molecule has 0 saturated heterocycles. The molecule has 2 aromatic carbocycles. The quantitative estimate of drug-likeness (QED) is 0.854. The lowest BCUT2D eigenvalue weighted by Crippen LogP contribution is -2.10. The molecular weight excluding hydrogens is 260 g/mol. The standard InChI is InChI=1S/C18H24N2O/c1-5-21-18-12-8-16(9-13-18)19-14(2)15-6-10-17(11-7-15)20(3)4/h6-14,19H,5H2,1-4H3. The number of hydrogen-bond acceptors (Lipinski definition) is 3. The van der Waals surface area contributed by atoms with Crippen molar-refractivity contribution >= 4 is 11.4 Å². The second-order valence-corrected chi connectivity index (χ2v) is 5.31. The van der Waals surface area contributed by atoms with E-state index in [1.165, 1.54) is 11.3 Å². The summed E-state index contributed by atoms with van der Waals surface area (Å²) in [7, 11) is 4.10. The Bertz CT molecular complexity index is 546. The third-order valence-corrected chi connectivity index (χ3v) is 3.46. The van der Waals surface area contributed by atoms with Gasteiger partial charge in [-0.15, -0.1) is 0 Å². The molecule has 112 valence electrons. The predicted molar refractivity (Wildman–Crippen MR) is 90.4 cm³/mol. The molecule has 3 nitrogen and oxygen atoms in total. The third-order valence-electron chi connectivity index (χ3n) is 3.46. The van der Waals surface area contributed by atoms with Gasteiger partial charge in [0.15, 0.2) is 0 Å². The van der Waals surface area contributed by atoms with Crippen molar-refractivity contribution in [2.24, 2.45) is 0 Å². The molecule has 3 heteroatoms. The van der Waals surface area contributed by atoms with Crippen LogP contribution in [0.4, 0.5) is 11.4 Å². The topological polar surface area (TPSA) is 24.5 Å². The molecule has 0 aliphatic rings. The fourth-order valence-electron chi connectivity index (χ4n) is 2.21. The zero-order chi connectivity index (χ0) is 15.2. The molecular formula is C18H24N2O. The van der Waals surface area contributed by atoms with E-state index in [0.717, 1.165) is 11.4 Å². The molecule has 1 atom stereocenters. The van der Waals surface area contributed by atoms with E-state index in [4.69, 9.17) is 4.74 Å². The van der Waals surface area contributed by atoms with Crippen molar-refractivity contribution in [1.82, 2.24) is 0 Å². The summed E-state index contributed by atoms with van der Waals surface area (Å²) >= 11 is 0. The molecule has 0 spiro atoms. The highest BCUT2D eigenvalue weighted by atomic mass is 16.5. The van der Waals surface area contributed by atoms with E-state index >= 15 is 0 Å². The number of anilines is 2. The van der Waals surface area contributed by atoms with Gasteiger partial charge in [0.05, 0.1) is 6.61 Å². The van der Waals surface area contributed by atoms with Crippen LogP contribution in [0, 0.1) is 0 Å². The second kappa shape index (κ2) is 7.02. The molecule has 1 unspecified atom stereocenters. The molecule has 0 heterocycles. The maximum Gasteiger partial charge on any atom is 0.119 e. The van der Waals surface area contributed by atoms with Crippen molar-refractivity contribution in [3.63, 3.8) is 0 Å². The van der Waals surface area contributed by atoms with Gasteiger partial charge in [-0.2, -0.15) is 0 Å². The summed E-state index contributed by atoms with van der Waals surface area (Å²) in [5, 5.41) is 3.51. The van der Waals surface area contributed by atoms with Crippen LogP contribution in [-0.2, 0) is 0 Å². The minimum atomic E-state index is 0.263. The minimum absolute atomic E-state index is 0.263. The Balaban J connectivity index is 2.01. The first-order valence-electron chi connectivity index (χ1n) is 7.37. The zero-order valence-corrected chi connectivity index (χ0v) is 13.3. The van der Waals surface area contributed by atoms with Crippen LogP contribution in [0.1, 0.15) is 25.5 Å². The van der Waals surface area contributed by atoms with Crippen molar-refractivity contribution < 1.29 is 4.74 Å². The van der Waals surface area contributed by atoms with Crippen LogP contribution in [0.15, 0.2) is 48.5 Å². The second-order valence-electron chi connectivity index (χ2n) is 5.31. The fraction of sp³-hybridized carbons (Fsp3) is 0.333. The molecule has 2 aromatic rings. The molecule has 0 aliphatic heterocycles. The van der Waals surface area contributed by atoms with Crippen molar-refractivity contribution in [2.45, 2.75) is 19.9 Å². The van der Waals surface area contributed by atoms with Crippen LogP contribution in [0.5, 0.6) is 5.75 Å². The van der Waals surface area contributed by atoms with Gasteiger partial charge in [0.2, 0.25) is 0 Å². The summed E-state index contributed by atoms with van der Waals surface area (Å²) in [5.41, 5.74) is 3.59. The predicted octanol–water partition coefficient (Wildman–Crippen LogP) is 4.32. The van der Waals surface area contributed by atoms with E-state index in [9.17, 15) is 0 Å². The number of ether oxygens (including phenoxy) is 1. The summed E-state index contributed by atoms with van der Waals surface area (Å²) in [6.45, 7) is 4.86. The van der Waals surface area contributed by atoms with Gasteiger partial charge in [-0.3, -0.25) is 0 Å². The van der Waals surface area contributed by atoms with Gasteiger partial charge in [0.1, 0.15) is 5.75 Å². The smallest absolute Gasteiger partial charge is 0.119 e. The lowest BCUT2D eigenvalue weighted by atomic mass is 10.1. The number of rotatable bonds is 6. The van der Waals surface area contributed by atoms with E-state index in [2.05, 4.69) is 67.6 Å². The third kappa shape index (κ3) is 4.15. The Morgan fingerprint density at radius 2 is 1.62 bits per heavy atom. The molecule has 0 aromatic heterocycles. The Morgan fingerprint density at radius 1 is 1.00 bits per heavy atom. The number of hydrogen-bond donors (Lipinski definition) is 1. The van der Waals surface area contributed by atoms with Crippen molar-refractivity contribution in [1.29, 1.82) is 0 Å². The normalized spacial score (nSPS) is 11.8. The Hall–Kier alpha value is -2.16. The fourth-order valence-corrected chi connectivity index (χ4v) is 2.21. The average molecular weight is 284 g/mol. The maximum atomic E-state index is 5.45. The summed E-state index contributed by atoms with van der Waals surface area (Å²) < 4.78 is 5.45. The summed E-state index contributed by atoms with van der Waals surface area (Å²) in [6.07, 6.45) is 0. The first kappa shape index (κ1) is 15.2. The summed E-state index contributed by atoms with van der Waals surface area (Å²) in [6, 6.07) is 17.0. The van der Waals surface area contributed by atoms with E-state index in [-0.39, 0.29) is 6.04 Å². The largest absolute Gasteiger partial charge is 0.494 e. The summed E-state index contributed by atoms with van der Waals surface area (Å²) in [4.78, 5) is 2.11. The highest BCUT2D eigenvalue weighted by Gasteiger charge is 2.06. The van der Waals surface area contributed by atoms with E-state index in [1.54, 1.807) is 0 Å². The minimum Gasteiger partial charge on any atom is -0.494 e. The lowest BCUT2D eigenvalue weighted by Gasteiger charge is -2.18. The van der Waals surface area contributed by atoms with Gasteiger partial charge < -0.3 is 15.0 Å². The van der Waals surface area contributed by atoms with Gasteiger partial charge in [-0.1, -0.05) is 12.1 Å². The Morgan fingerprint density at radius 3 is 2.14 bits per heavy atom. The molecule has 21 heavy (non-hydrogen) atoms. The number of nitrogens with one attached hydrogen (secondary N) is 1. The first-order valence-corrected chi connectivity index (χ1v) is 7.37. The van der Waals surface area contributed by atoms with Crippen molar-refractivity contribution in [3.8, 4) is 5.75 Å². The molecule has 0 amide bonds. The van der Waals surface area contributed by atoms with Crippen LogP contribution in [0.25, 0.3) is 0 Å². The van der Waals surface area contributed by atoms with Gasteiger partial charge in [-0.25, -0.2) is 0 Å². The number of benzene rings is 2. The maximum absolute atomic E-state index is 5.45. The van der Waals surface area contributed by atoms with E-state index in [0.29, 0.717) is 6.61 Å². The van der Waals surface area contributed by atoms with Crippen molar-refractivity contribution in [3.05, 3.63) is 54.1 Å². The molecule has 0 radical (unpaired) electrons. The van der Waals surface area contributed by atoms with E-state index < -0.39 is 0 Å². The van der Waals surface area contributed by atoms with Crippen molar-refractivity contribution in [2.75, 3.05) is 30.9 Å². The van der Waals surface area contributed by atoms with Crippen LogP contribution in [0.3, 0.4) is 0 Å².